The highest BCUT2D eigenvalue weighted by atomic mass is 16.5. The van der Waals surface area contributed by atoms with E-state index in [0.717, 1.165) is 5.39 Å². The van der Waals surface area contributed by atoms with Crippen LogP contribution in [0.5, 0.6) is 0 Å². The second-order valence-corrected chi connectivity index (χ2v) is 4.16. The number of nitrogens with one attached hydrogen (secondary N) is 1. The zero-order chi connectivity index (χ0) is 13.8. The van der Waals surface area contributed by atoms with E-state index in [0.29, 0.717) is 11.2 Å². The van der Waals surface area contributed by atoms with Crippen molar-refractivity contribution in [3.8, 4) is 0 Å². The Morgan fingerprint density at radius 2 is 2.32 bits per heavy atom. The Bertz CT molecular complexity index is 567. The largest absolute Gasteiger partial charge is 0.466 e. The summed E-state index contributed by atoms with van der Waals surface area (Å²) in [6.07, 6.45) is 0.587. The van der Waals surface area contributed by atoms with E-state index in [1.807, 2.05) is 0 Å². The molecule has 102 valence electrons. The predicted molar refractivity (Wildman–Crippen MR) is 68.3 cm³/mol. The van der Waals surface area contributed by atoms with E-state index in [-0.39, 0.29) is 13.0 Å². The molecule has 2 rings (SSSR count). The Balaban J connectivity index is 2.14. The van der Waals surface area contributed by atoms with Gasteiger partial charge >= 0.3 is 5.97 Å². The molecule has 0 aromatic carbocycles. The van der Waals surface area contributed by atoms with Crippen molar-refractivity contribution in [3.63, 3.8) is 0 Å². The number of pyridine rings is 1. The van der Waals surface area contributed by atoms with Gasteiger partial charge in [0, 0.05) is 23.3 Å². The lowest BCUT2D eigenvalue weighted by Gasteiger charge is -2.16. The molecule has 0 bridgehead atoms. The van der Waals surface area contributed by atoms with Crippen LogP contribution >= 0.6 is 0 Å². The number of rotatable bonds is 5. The molecule has 0 aliphatic rings. The van der Waals surface area contributed by atoms with E-state index < -0.39 is 18.2 Å². The molecule has 2 aromatic rings. The Morgan fingerprint density at radius 3 is 3.05 bits per heavy atom. The third-order valence-electron chi connectivity index (χ3n) is 2.85. The van der Waals surface area contributed by atoms with Crippen LogP contribution in [0.25, 0.3) is 11.0 Å². The molecular formula is C13H16N2O4. The number of carbonyl (C=O) groups excluding carboxylic acids is 1. The number of esters is 1. The highest BCUT2D eigenvalue weighted by Crippen LogP contribution is 2.26. The molecule has 0 fully saturated rings. The standard InChI is InChI=1S/C13H16N2O4/c1-2-19-11(17)6-10(16)12(18)9-7-15-13-8(9)4-3-5-14-13/h3-5,7,10,12,16,18H,2,6H2,1H3,(H,14,15). The van der Waals surface area contributed by atoms with Gasteiger partial charge in [0.1, 0.15) is 11.8 Å². The number of aromatic amines is 1. The SMILES string of the molecule is CCOC(=O)CC(O)C(O)c1c[nH]c2ncccc12. The summed E-state index contributed by atoms with van der Waals surface area (Å²) in [7, 11) is 0. The molecule has 6 heteroatoms. The third kappa shape index (κ3) is 2.91. The average Bonchev–Trinajstić information content (AvgIpc) is 2.81. The van der Waals surface area contributed by atoms with E-state index in [1.165, 1.54) is 0 Å². The molecular weight excluding hydrogens is 248 g/mol. The lowest BCUT2D eigenvalue weighted by Crippen LogP contribution is -2.23. The van der Waals surface area contributed by atoms with Crippen molar-refractivity contribution in [2.45, 2.75) is 25.6 Å². The average molecular weight is 264 g/mol. The maximum Gasteiger partial charge on any atom is 0.308 e. The van der Waals surface area contributed by atoms with E-state index >= 15 is 0 Å². The molecule has 0 spiro atoms. The Morgan fingerprint density at radius 1 is 1.53 bits per heavy atom. The number of hydrogen-bond acceptors (Lipinski definition) is 5. The zero-order valence-corrected chi connectivity index (χ0v) is 10.5. The lowest BCUT2D eigenvalue weighted by atomic mass is 10.0. The van der Waals surface area contributed by atoms with Gasteiger partial charge in [0.2, 0.25) is 0 Å². The van der Waals surface area contributed by atoms with Crippen LogP contribution < -0.4 is 0 Å². The first-order valence-corrected chi connectivity index (χ1v) is 6.07. The summed E-state index contributed by atoms with van der Waals surface area (Å²) in [4.78, 5) is 18.3. The number of fused-ring (bicyclic) bond motifs is 1. The molecule has 2 aromatic heterocycles. The van der Waals surface area contributed by atoms with Crippen LogP contribution in [0.4, 0.5) is 0 Å². The van der Waals surface area contributed by atoms with Gasteiger partial charge in [0.25, 0.3) is 0 Å². The zero-order valence-electron chi connectivity index (χ0n) is 10.5. The van der Waals surface area contributed by atoms with Gasteiger partial charge in [0.05, 0.1) is 19.1 Å². The number of aliphatic hydroxyl groups is 2. The quantitative estimate of drug-likeness (QED) is 0.698. The molecule has 0 saturated carbocycles. The predicted octanol–water partition coefficient (Wildman–Crippen LogP) is 0.910. The third-order valence-corrected chi connectivity index (χ3v) is 2.85. The van der Waals surface area contributed by atoms with Gasteiger partial charge in [-0.2, -0.15) is 0 Å². The van der Waals surface area contributed by atoms with Crippen molar-refractivity contribution >= 4 is 17.0 Å². The smallest absolute Gasteiger partial charge is 0.308 e. The Hall–Kier alpha value is -1.92. The maximum absolute atomic E-state index is 11.3. The molecule has 0 amide bonds. The van der Waals surface area contributed by atoms with Crippen molar-refractivity contribution in [2.24, 2.45) is 0 Å². The van der Waals surface area contributed by atoms with Crippen LogP contribution in [0, 0.1) is 0 Å². The minimum absolute atomic E-state index is 0.248. The Labute approximate surface area is 110 Å². The lowest BCUT2D eigenvalue weighted by molar-refractivity contribution is -0.147. The summed E-state index contributed by atoms with van der Waals surface area (Å²) in [6, 6.07) is 3.53. The summed E-state index contributed by atoms with van der Waals surface area (Å²) in [5.74, 6) is -0.535. The topological polar surface area (TPSA) is 95.4 Å². The van der Waals surface area contributed by atoms with Crippen LogP contribution in [0.15, 0.2) is 24.5 Å². The summed E-state index contributed by atoms with van der Waals surface area (Å²) in [6.45, 7) is 1.94. The highest BCUT2D eigenvalue weighted by Gasteiger charge is 2.24. The van der Waals surface area contributed by atoms with Crippen LogP contribution in [0.2, 0.25) is 0 Å². The monoisotopic (exact) mass is 264 g/mol. The first-order chi connectivity index (χ1) is 9.13. The number of hydrogen-bond donors (Lipinski definition) is 3. The maximum atomic E-state index is 11.3. The van der Waals surface area contributed by atoms with E-state index in [1.54, 1.807) is 31.5 Å². The number of ether oxygens (including phenoxy) is 1. The van der Waals surface area contributed by atoms with E-state index in [9.17, 15) is 15.0 Å². The normalized spacial score (nSPS) is 14.3. The van der Waals surface area contributed by atoms with Crippen LogP contribution in [0.3, 0.4) is 0 Å². The molecule has 2 unspecified atom stereocenters. The molecule has 2 atom stereocenters. The van der Waals surface area contributed by atoms with Gasteiger partial charge in [-0.1, -0.05) is 0 Å². The van der Waals surface area contributed by atoms with Crippen molar-refractivity contribution in [3.05, 3.63) is 30.1 Å². The molecule has 0 aliphatic heterocycles. The number of nitrogens with zero attached hydrogens (tertiary/aromatic N) is 1. The van der Waals surface area contributed by atoms with E-state index in [4.69, 9.17) is 4.74 Å². The number of aliphatic hydroxyl groups excluding tert-OH is 2. The second kappa shape index (κ2) is 5.81. The molecule has 19 heavy (non-hydrogen) atoms. The molecule has 0 radical (unpaired) electrons. The highest BCUT2D eigenvalue weighted by molar-refractivity contribution is 5.80. The first-order valence-electron chi connectivity index (χ1n) is 6.07. The molecule has 0 aliphatic carbocycles. The van der Waals surface area contributed by atoms with Gasteiger partial charge < -0.3 is 19.9 Å². The van der Waals surface area contributed by atoms with Crippen molar-refractivity contribution in [2.75, 3.05) is 6.61 Å². The van der Waals surface area contributed by atoms with Crippen LogP contribution in [0.1, 0.15) is 25.0 Å². The van der Waals surface area contributed by atoms with Crippen LogP contribution in [-0.4, -0.2) is 38.9 Å². The minimum Gasteiger partial charge on any atom is -0.466 e. The Kier molecular flexibility index (Phi) is 4.13. The second-order valence-electron chi connectivity index (χ2n) is 4.16. The van der Waals surface area contributed by atoms with Gasteiger partial charge in [-0.05, 0) is 19.1 Å². The molecule has 6 nitrogen and oxygen atoms in total. The molecule has 3 N–H and O–H groups in total. The minimum atomic E-state index is -1.21. The molecule has 2 heterocycles. The fourth-order valence-electron chi connectivity index (χ4n) is 1.93. The fourth-order valence-corrected chi connectivity index (χ4v) is 1.93. The summed E-state index contributed by atoms with van der Waals surface area (Å²) >= 11 is 0. The van der Waals surface area contributed by atoms with Crippen LogP contribution in [-0.2, 0) is 9.53 Å². The number of H-pyrrole nitrogens is 1. The number of aromatic nitrogens is 2. The fraction of sp³-hybridized carbons (Fsp3) is 0.385. The summed E-state index contributed by atoms with van der Waals surface area (Å²) in [5, 5.41) is 20.7. The van der Waals surface area contributed by atoms with E-state index in [2.05, 4.69) is 9.97 Å². The first kappa shape index (κ1) is 13.5. The summed E-state index contributed by atoms with van der Waals surface area (Å²) in [5.41, 5.74) is 1.14. The summed E-state index contributed by atoms with van der Waals surface area (Å²) < 4.78 is 4.74. The van der Waals surface area contributed by atoms with Gasteiger partial charge in [-0.3, -0.25) is 4.79 Å². The van der Waals surface area contributed by atoms with Gasteiger partial charge in [-0.15, -0.1) is 0 Å². The van der Waals surface area contributed by atoms with Crippen molar-refractivity contribution in [1.82, 2.24) is 9.97 Å². The van der Waals surface area contributed by atoms with Gasteiger partial charge in [-0.25, -0.2) is 4.98 Å². The molecule has 0 saturated heterocycles. The van der Waals surface area contributed by atoms with Crippen molar-refractivity contribution < 1.29 is 19.7 Å². The van der Waals surface area contributed by atoms with Gasteiger partial charge in [0.15, 0.2) is 0 Å². The van der Waals surface area contributed by atoms with Crippen molar-refractivity contribution in [1.29, 1.82) is 0 Å². The number of carbonyl (C=O) groups is 1.